The van der Waals surface area contributed by atoms with Crippen LogP contribution < -0.4 is 10.0 Å². The third-order valence-electron chi connectivity index (χ3n) is 6.13. The summed E-state index contributed by atoms with van der Waals surface area (Å²) in [4.78, 5) is 14.3. The molecule has 2 aliphatic rings. The van der Waals surface area contributed by atoms with Crippen LogP contribution in [0.15, 0.2) is 47.4 Å². The predicted molar refractivity (Wildman–Crippen MR) is 123 cm³/mol. The Morgan fingerprint density at radius 2 is 1.87 bits per heavy atom. The van der Waals surface area contributed by atoms with Gasteiger partial charge in [0, 0.05) is 30.2 Å². The summed E-state index contributed by atoms with van der Waals surface area (Å²) in [6.45, 7) is 3.12. The third kappa shape index (κ3) is 5.66. The summed E-state index contributed by atoms with van der Waals surface area (Å²) in [6.07, 6.45) is 3.78. The number of aryl methyl sites for hydroxylation is 1. The first-order chi connectivity index (χ1) is 14.9. The van der Waals surface area contributed by atoms with Crippen molar-refractivity contribution in [3.63, 3.8) is 0 Å². The molecule has 0 saturated carbocycles. The molecule has 2 N–H and O–H groups in total. The van der Waals surface area contributed by atoms with Gasteiger partial charge in [0.05, 0.1) is 4.90 Å². The normalized spacial score (nSPS) is 18.3. The van der Waals surface area contributed by atoms with Crippen molar-refractivity contribution in [3.05, 3.63) is 58.6 Å². The van der Waals surface area contributed by atoms with Crippen molar-refractivity contribution in [2.75, 3.05) is 25.0 Å². The van der Waals surface area contributed by atoms with Crippen LogP contribution in [0, 0.1) is 5.92 Å². The molecule has 6 nitrogen and oxygen atoms in total. The van der Waals surface area contributed by atoms with Crippen LogP contribution in [0.1, 0.15) is 36.8 Å². The number of carbonyl (C=O) groups excluding carboxylic acids is 1. The van der Waals surface area contributed by atoms with Gasteiger partial charge in [0.2, 0.25) is 15.9 Å². The van der Waals surface area contributed by atoms with Crippen molar-refractivity contribution in [1.82, 2.24) is 9.62 Å². The number of hydrogen-bond donors (Lipinski definition) is 2. The van der Waals surface area contributed by atoms with E-state index in [4.69, 9.17) is 11.6 Å². The molecule has 1 amide bonds. The van der Waals surface area contributed by atoms with E-state index in [0.29, 0.717) is 31.0 Å². The zero-order valence-corrected chi connectivity index (χ0v) is 19.0. The lowest BCUT2D eigenvalue weighted by atomic mass is 9.97. The monoisotopic (exact) mass is 461 g/mol. The molecule has 0 spiro atoms. The van der Waals surface area contributed by atoms with Gasteiger partial charge >= 0.3 is 0 Å². The molecule has 1 saturated heterocycles. The number of nitrogens with one attached hydrogen (secondary N) is 2. The number of piperidine rings is 1. The number of sulfonamides is 1. The number of rotatable bonds is 6. The molecule has 0 radical (unpaired) electrons. The lowest BCUT2D eigenvalue weighted by molar-refractivity contribution is -0.116. The molecular formula is C23H28ClN3O3S. The number of benzene rings is 2. The van der Waals surface area contributed by atoms with Crippen molar-refractivity contribution >= 4 is 33.2 Å². The van der Waals surface area contributed by atoms with E-state index in [1.54, 1.807) is 18.2 Å². The van der Waals surface area contributed by atoms with E-state index >= 15 is 0 Å². The van der Waals surface area contributed by atoms with Crippen LogP contribution in [0.2, 0.25) is 5.02 Å². The predicted octanol–water partition coefficient (Wildman–Crippen LogP) is 3.81. The fourth-order valence-corrected chi connectivity index (χ4v) is 5.61. The van der Waals surface area contributed by atoms with E-state index in [0.717, 1.165) is 55.0 Å². The van der Waals surface area contributed by atoms with E-state index in [2.05, 4.69) is 21.0 Å². The van der Waals surface area contributed by atoms with E-state index in [-0.39, 0.29) is 10.8 Å². The molecule has 1 fully saturated rings. The summed E-state index contributed by atoms with van der Waals surface area (Å²) in [6, 6.07) is 12.8. The van der Waals surface area contributed by atoms with Crippen molar-refractivity contribution in [2.24, 2.45) is 5.92 Å². The SMILES string of the molecule is O=C1CCCc2cc(S(=O)(=O)NCC3CCN(Cc4ccccc4Cl)CC3)ccc2N1. The highest BCUT2D eigenvalue weighted by atomic mass is 35.5. The zero-order valence-electron chi connectivity index (χ0n) is 17.4. The minimum absolute atomic E-state index is 0.0200. The maximum absolute atomic E-state index is 12.8. The van der Waals surface area contributed by atoms with E-state index in [1.165, 1.54) is 0 Å². The number of halogens is 1. The van der Waals surface area contributed by atoms with Crippen molar-refractivity contribution in [1.29, 1.82) is 0 Å². The van der Waals surface area contributed by atoms with E-state index < -0.39 is 10.0 Å². The highest BCUT2D eigenvalue weighted by Gasteiger charge is 2.23. The van der Waals surface area contributed by atoms with Gasteiger partial charge in [-0.3, -0.25) is 9.69 Å². The first-order valence-electron chi connectivity index (χ1n) is 10.8. The minimum atomic E-state index is -3.58. The summed E-state index contributed by atoms with van der Waals surface area (Å²) < 4.78 is 28.5. The second-order valence-electron chi connectivity index (χ2n) is 8.38. The van der Waals surface area contributed by atoms with E-state index in [1.807, 2.05) is 18.2 Å². The number of hydrogen-bond acceptors (Lipinski definition) is 4. The molecule has 0 unspecified atom stereocenters. The van der Waals surface area contributed by atoms with Gasteiger partial charge in [-0.2, -0.15) is 0 Å². The molecule has 2 heterocycles. The Labute approximate surface area is 189 Å². The second-order valence-corrected chi connectivity index (χ2v) is 10.6. The van der Waals surface area contributed by atoms with Crippen molar-refractivity contribution in [3.8, 4) is 0 Å². The average molecular weight is 462 g/mol. The van der Waals surface area contributed by atoms with Crippen LogP contribution in [-0.4, -0.2) is 38.9 Å². The van der Waals surface area contributed by atoms with Crippen LogP contribution in [0.4, 0.5) is 5.69 Å². The highest BCUT2D eigenvalue weighted by Crippen LogP contribution is 2.26. The van der Waals surface area contributed by atoms with Gasteiger partial charge in [-0.1, -0.05) is 29.8 Å². The van der Waals surface area contributed by atoms with E-state index in [9.17, 15) is 13.2 Å². The molecule has 0 aromatic heterocycles. The molecule has 8 heteroatoms. The summed E-state index contributed by atoms with van der Waals surface area (Å²) in [5.41, 5.74) is 2.72. The Hall–Kier alpha value is -1.93. The first kappa shape index (κ1) is 22.3. The number of anilines is 1. The molecule has 166 valence electrons. The van der Waals surface area contributed by atoms with Gasteiger partial charge in [-0.25, -0.2) is 13.1 Å². The van der Waals surface area contributed by atoms with Crippen LogP contribution in [0.3, 0.4) is 0 Å². The largest absolute Gasteiger partial charge is 0.326 e. The molecule has 2 aliphatic heterocycles. The molecule has 2 aromatic carbocycles. The summed E-state index contributed by atoms with van der Waals surface area (Å²) >= 11 is 6.27. The minimum Gasteiger partial charge on any atom is -0.326 e. The van der Waals surface area contributed by atoms with Gasteiger partial charge in [0.1, 0.15) is 0 Å². The molecular weight excluding hydrogens is 434 g/mol. The van der Waals surface area contributed by atoms with Crippen molar-refractivity contribution in [2.45, 2.75) is 43.5 Å². The Morgan fingerprint density at radius 1 is 1.10 bits per heavy atom. The Bertz CT molecular complexity index is 1050. The topological polar surface area (TPSA) is 78.5 Å². The van der Waals surface area contributed by atoms with Crippen LogP contribution in [0.25, 0.3) is 0 Å². The van der Waals surface area contributed by atoms with Gasteiger partial charge in [-0.05, 0) is 80.1 Å². The standard InChI is InChI=1S/C23H28ClN3O3S/c24-21-6-2-1-4-19(21)16-27-12-10-17(11-13-27)15-25-31(29,30)20-8-9-22-18(14-20)5-3-7-23(28)26-22/h1-2,4,6,8-9,14,17,25H,3,5,7,10-13,15-16H2,(H,26,28). The van der Waals surface area contributed by atoms with Crippen LogP contribution >= 0.6 is 11.6 Å². The Balaban J connectivity index is 1.31. The number of nitrogens with zero attached hydrogens (tertiary/aromatic N) is 1. The average Bonchev–Trinajstić information content (AvgIpc) is 2.95. The number of carbonyl (C=O) groups is 1. The smallest absolute Gasteiger partial charge is 0.240 e. The molecule has 31 heavy (non-hydrogen) atoms. The summed E-state index contributed by atoms with van der Waals surface area (Å²) in [5.74, 6) is 0.297. The van der Waals surface area contributed by atoms with Gasteiger partial charge in [0.25, 0.3) is 0 Å². The summed E-state index contributed by atoms with van der Waals surface area (Å²) in [5, 5.41) is 3.63. The van der Waals surface area contributed by atoms with Gasteiger partial charge in [0.15, 0.2) is 0 Å². The van der Waals surface area contributed by atoms with Crippen LogP contribution in [-0.2, 0) is 27.8 Å². The van der Waals surface area contributed by atoms with Crippen LogP contribution in [0.5, 0.6) is 0 Å². The number of amides is 1. The fraction of sp³-hybridized carbons (Fsp3) is 0.435. The number of fused-ring (bicyclic) bond motifs is 1. The molecule has 0 aliphatic carbocycles. The lowest BCUT2D eigenvalue weighted by Gasteiger charge is -2.32. The van der Waals surface area contributed by atoms with Crippen molar-refractivity contribution < 1.29 is 13.2 Å². The van der Waals surface area contributed by atoms with Gasteiger partial charge < -0.3 is 5.32 Å². The number of likely N-dealkylation sites (tertiary alicyclic amines) is 1. The third-order valence-corrected chi connectivity index (χ3v) is 7.92. The quantitative estimate of drug-likeness (QED) is 0.685. The molecule has 4 rings (SSSR count). The Kier molecular flexibility index (Phi) is 6.96. The van der Waals surface area contributed by atoms with Gasteiger partial charge in [-0.15, -0.1) is 0 Å². The Morgan fingerprint density at radius 3 is 2.65 bits per heavy atom. The highest BCUT2D eigenvalue weighted by molar-refractivity contribution is 7.89. The molecule has 0 bridgehead atoms. The summed E-state index contributed by atoms with van der Waals surface area (Å²) in [7, 11) is -3.58. The lowest BCUT2D eigenvalue weighted by Crippen LogP contribution is -2.38. The molecule has 2 aromatic rings. The second kappa shape index (κ2) is 9.69. The maximum Gasteiger partial charge on any atom is 0.240 e. The first-order valence-corrected chi connectivity index (χ1v) is 12.6. The zero-order chi connectivity index (χ0) is 21.8. The maximum atomic E-state index is 12.8. The fourth-order valence-electron chi connectivity index (χ4n) is 4.25. The molecule has 0 atom stereocenters.